The van der Waals surface area contributed by atoms with Crippen molar-refractivity contribution in [2.24, 2.45) is 0 Å². The largest absolute Gasteiger partial charge is 0.467 e. The van der Waals surface area contributed by atoms with Crippen molar-refractivity contribution in [2.75, 3.05) is 25.5 Å². The highest BCUT2D eigenvalue weighted by atomic mass is 16.5. The Morgan fingerprint density at radius 3 is 2.72 bits per heavy atom. The molecule has 4 heterocycles. The molecule has 32 heavy (non-hydrogen) atoms. The molecule has 1 fully saturated rings. The van der Waals surface area contributed by atoms with Gasteiger partial charge in [0.05, 0.1) is 12.8 Å². The SMILES string of the molecule is COc1ncc(CNc2cc(-c3cnc(C)nc3C3CCCN(C(C)C)C3)ccn2)cn1. The van der Waals surface area contributed by atoms with Crippen molar-refractivity contribution < 1.29 is 4.74 Å². The van der Waals surface area contributed by atoms with Gasteiger partial charge in [-0.3, -0.25) is 0 Å². The van der Waals surface area contributed by atoms with Crippen molar-refractivity contribution in [1.29, 1.82) is 0 Å². The summed E-state index contributed by atoms with van der Waals surface area (Å²) < 4.78 is 5.02. The van der Waals surface area contributed by atoms with Crippen molar-refractivity contribution in [3.8, 4) is 17.1 Å². The number of nitrogens with zero attached hydrogens (tertiary/aromatic N) is 6. The van der Waals surface area contributed by atoms with Crippen LogP contribution < -0.4 is 10.1 Å². The van der Waals surface area contributed by atoms with Crippen molar-refractivity contribution in [3.05, 3.63) is 54.0 Å². The molecule has 8 nitrogen and oxygen atoms in total. The molecule has 0 amide bonds. The highest BCUT2D eigenvalue weighted by molar-refractivity contribution is 5.68. The number of anilines is 1. The fraction of sp³-hybridized carbons (Fsp3) is 0.458. The van der Waals surface area contributed by atoms with Crippen LogP contribution in [0.5, 0.6) is 6.01 Å². The molecule has 1 N–H and O–H groups in total. The molecule has 1 aliphatic rings. The summed E-state index contributed by atoms with van der Waals surface area (Å²) in [6.07, 6.45) is 9.63. The van der Waals surface area contributed by atoms with Crippen molar-refractivity contribution in [3.63, 3.8) is 0 Å². The predicted octanol–water partition coefficient (Wildman–Crippen LogP) is 3.85. The first-order valence-corrected chi connectivity index (χ1v) is 11.2. The van der Waals surface area contributed by atoms with E-state index >= 15 is 0 Å². The second-order valence-electron chi connectivity index (χ2n) is 8.51. The van der Waals surface area contributed by atoms with Gasteiger partial charge in [0.1, 0.15) is 11.6 Å². The number of ether oxygens (including phenoxy) is 1. The van der Waals surface area contributed by atoms with Crippen LogP contribution in [0.25, 0.3) is 11.1 Å². The van der Waals surface area contributed by atoms with Crippen LogP contribution >= 0.6 is 0 Å². The van der Waals surface area contributed by atoms with Crippen LogP contribution in [-0.4, -0.2) is 56.1 Å². The van der Waals surface area contributed by atoms with Crippen LogP contribution in [0.4, 0.5) is 5.82 Å². The molecule has 0 radical (unpaired) electrons. The molecule has 0 bridgehead atoms. The number of hydrogen-bond acceptors (Lipinski definition) is 8. The maximum absolute atomic E-state index is 5.02. The molecule has 0 aliphatic carbocycles. The predicted molar refractivity (Wildman–Crippen MR) is 125 cm³/mol. The first kappa shape index (κ1) is 22.1. The lowest BCUT2D eigenvalue weighted by Gasteiger charge is -2.35. The van der Waals surface area contributed by atoms with Crippen LogP contribution in [0.2, 0.25) is 0 Å². The molecular weight excluding hydrogens is 402 g/mol. The minimum absolute atomic E-state index is 0.361. The van der Waals surface area contributed by atoms with E-state index in [4.69, 9.17) is 9.72 Å². The van der Waals surface area contributed by atoms with Gasteiger partial charge in [0.25, 0.3) is 0 Å². The molecule has 3 aromatic rings. The molecule has 1 aliphatic heterocycles. The number of methoxy groups -OCH3 is 1. The molecule has 1 atom stereocenters. The highest BCUT2D eigenvalue weighted by Crippen LogP contribution is 2.34. The van der Waals surface area contributed by atoms with E-state index < -0.39 is 0 Å². The molecule has 1 unspecified atom stereocenters. The zero-order chi connectivity index (χ0) is 22.5. The number of hydrogen-bond donors (Lipinski definition) is 1. The highest BCUT2D eigenvalue weighted by Gasteiger charge is 2.26. The maximum atomic E-state index is 5.02. The van der Waals surface area contributed by atoms with Gasteiger partial charge >= 0.3 is 6.01 Å². The van der Waals surface area contributed by atoms with Crippen LogP contribution in [0.15, 0.2) is 36.9 Å². The summed E-state index contributed by atoms with van der Waals surface area (Å²) in [5.41, 5.74) is 4.26. The van der Waals surface area contributed by atoms with Crippen LogP contribution in [0.1, 0.15) is 49.7 Å². The summed E-state index contributed by atoms with van der Waals surface area (Å²) in [5, 5.41) is 3.36. The van der Waals surface area contributed by atoms with Crippen molar-refractivity contribution in [2.45, 2.75) is 52.1 Å². The quantitative estimate of drug-likeness (QED) is 0.601. The third-order valence-corrected chi connectivity index (χ3v) is 5.92. The first-order chi connectivity index (χ1) is 15.5. The topological polar surface area (TPSA) is 89.0 Å². The summed E-state index contributed by atoms with van der Waals surface area (Å²) >= 11 is 0. The fourth-order valence-corrected chi connectivity index (χ4v) is 4.15. The number of piperidine rings is 1. The normalized spacial score (nSPS) is 16.8. The number of aryl methyl sites for hydroxylation is 1. The van der Waals surface area contributed by atoms with Gasteiger partial charge in [-0.25, -0.2) is 24.9 Å². The lowest BCUT2D eigenvalue weighted by atomic mass is 9.89. The van der Waals surface area contributed by atoms with E-state index in [0.717, 1.165) is 53.5 Å². The zero-order valence-corrected chi connectivity index (χ0v) is 19.2. The molecule has 8 heteroatoms. The van der Waals surface area contributed by atoms with Gasteiger partial charge in [-0.2, -0.15) is 0 Å². The molecular formula is C24H31N7O. The van der Waals surface area contributed by atoms with E-state index in [0.29, 0.717) is 24.5 Å². The average molecular weight is 434 g/mol. The maximum Gasteiger partial charge on any atom is 0.316 e. The van der Waals surface area contributed by atoms with Gasteiger partial charge in [-0.05, 0) is 57.9 Å². The second-order valence-corrected chi connectivity index (χ2v) is 8.51. The molecule has 0 saturated carbocycles. The Hall–Kier alpha value is -3.13. The van der Waals surface area contributed by atoms with E-state index in [1.54, 1.807) is 19.5 Å². The fourth-order valence-electron chi connectivity index (χ4n) is 4.15. The standard InChI is InChI=1S/C24H31N7O/c1-16(2)31-9-5-6-20(15-31)23-21(14-26-17(3)30-23)19-7-8-25-22(10-19)27-11-18-12-28-24(32-4)29-13-18/h7-8,10,12-14,16,20H,5-6,9,11,15H2,1-4H3,(H,25,27). The Balaban J connectivity index is 1.56. The Labute approximate surface area is 189 Å². The minimum Gasteiger partial charge on any atom is -0.467 e. The number of rotatable bonds is 7. The Morgan fingerprint density at radius 1 is 1.16 bits per heavy atom. The molecule has 0 aromatic carbocycles. The Kier molecular flexibility index (Phi) is 6.90. The van der Waals surface area contributed by atoms with Crippen molar-refractivity contribution >= 4 is 5.82 Å². The summed E-state index contributed by atoms with van der Waals surface area (Å²) in [5.74, 6) is 2.01. The van der Waals surface area contributed by atoms with Gasteiger partial charge < -0.3 is 15.0 Å². The first-order valence-electron chi connectivity index (χ1n) is 11.2. The van der Waals surface area contributed by atoms with Crippen LogP contribution in [-0.2, 0) is 6.54 Å². The molecule has 3 aromatic heterocycles. The monoisotopic (exact) mass is 433 g/mol. The average Bonchev–Trinajstić information content (AvgIpc) is 2.83. The lowest BCUT2D eigenvalue weighted by Crippen LogP contribution is -2.39. The third-order valence-electron chi connectivity index (χ3n) is 5.92. The van der Waals surface area contributed by atoms with Crippen LogP contribution in [0.3, 0.4) is 0 Å². The van der Waals surface area contributed by atoms with E-state index in [-0.39, 0.29) is 0 Å². The summed E-state index contributed by atoms with van der Waals surface area (Å²) in [6.45, 7) is 9.27. The van der Waals surface area contributed by atoms with E-state index in [2.05, 4.69) is 50.1 Å². The van der Waals surface area contributed by atoms with Gasteiger partial charge in [-0.1, -0.05) is 0 Å². The van der Waals surface area contributed by atoms with Gasteiger partial charge in [0.2, 0.25) is 0 Å². The smallest absolute Gasteiger partial charge is 0.316 e. The van der Waals surface area contributed by atoms with Gasteiger partial charge in [-0.15, -0.1) is 0 Å². The molecule has 168 valence electrons. The second kappa shape index (κ2) is 9.99. The summed E-state index contributed by atoms with van der Waals surface area (Å²) in [4.78, 5) is 24.7. The minimum atomic E-state index is 0.361. The zero-order valence-electron chi connectivity index (χ0n) is 19.2. The number of aromatic nitrogens is 5. The summed E-state index contributed by atoms with van der Waals surface area (Å²) in [7, 11) is 1.55. The van der Waals surface area contributed by atoms with Gasteiger partial charge in [0, 0.05) is 61.0 Å². The van der Waals surface area contributed by atoms with Gasteiger partial charge in [0.15, 0.2) is 0 Å². The van der Waals surface area contributed by atoms with E-state index in [1.165, 1.54) is 6.42 Å². The lowest BCUT2D eigenvalue weighted by molar-refractivity contribution is 0.166. The van der Waals surface area contributed by atoms with Crippen LogP contribution in [0, 0.1) is 6.92 Å². The summed E-state index contributed by atoms with van der Waals surface area (Å²) in [6, 6.07) is 5.00. The van der Waals surface area contributed by atoms with E-state index in [1.807, 2.05) is 25.4 Å². The van der Waals surface area contributed by atoms with E-state index in [9.17, 15) is 0 Å². The Morgan fingerprint density at radius 2 is 1.97 bits per heavy atom. The van der Waals surface area contributed by atoms with Crippen molar-refractivity contribution in [1.82, 2.24) is 29.8 Å². The number of pyridine rings is 1. The molecule has 4 rings (SSSR count). The molecule has 0 spiro atoms. The molecule has 1 saturated heterocycles. The third kappa shape index (κ3) is 5.19. The number of likely N-dealkylation sites (tertiary alicyclic amines) is 1. The Bertz CT molecular complexity index is 1040. The number of nitrogens with one attached hydrogen (secondary N) is 1.